The van der Waals surface area contributed by atoms with Crippen molar-refractivity contribution < 1.29 is 10.2 Å². The van der Waals surface area contributed by atoms with Gasteiger partial charge in [0, 0.05) is 33.3 Å². The van der Waals surface area contributed by atoms with E-state index < -0.39 is 12.2 Å². The lowest BCUT2D eigenvalue weighted by Gasteiger charge is -2.18. The summed E-state index contributed by atoms with van der Waals surface area (Å²) in [4.78, 5) is 8.68. The fourth-order valence-corrected chi connectivity index (χ4v) is 4.86. The van der Waals surface area contributed by atoms with E-state index >= 15 is 0 Å². The van der Waals surface area contributed by atoms with E-state index in [4.69, 9.17) is 11.6 Å². The van der Waals surface area contributed by atoms with Gasteiger partial charge in [0.25, 0.3) is 0 Å². The van der Waals surface area contributed by atoms with Gasteiger partial charge in [0.2, 0.25) is 0 Å². The van der Waals surface area contributed by atoms with Crippen LogP contribution in [0.3, 0.4) is 0 Å². The quantitative estimate of drug-likeness (QED) is 0.603. The average molecular weight is 390 g/mol. The number of benzene rings is 1. The fourth-order valence-electron chi connectivity index (χ4n) is 3.66. The van der Waals surface area contributed by atoms with E-state index in [1.54, 1.807) is 18.1 Å². The maximum Gasteiger partial charge on any atom is 0.0953 e. The number of aliphatic imine (C=N–C) groups is 1. The van der Waals surface area contributed by atoms with Crippen LogP contribution in [0.25, 0.3) is 5.70 Å². The van der Waals surface area contributed by atoms with Crippen LogP contribution in [0.5, 0.6) is 0 Å². The van der Waals surface area contributed by atoms with Gasteiger partial charge in [-0.1, -0.05) is 18.2 Å². The Labute approximate surface area is 161 Å². The van der Waals surface area contributed by atoms with Gasteiger partial charge in [0.05, 0.1) is 35.6 Å². The zero-order chi connectivity index (χ0) is 18.3. The highest BCUT2D eigenvalue weighted by atomic mass is 35.5. The van der Waals surface area contributed by atoms with E-state index in [2.05, 4.69) is 21.9 Å². The largest absolute Gasteiger partial charge is 0.390 e. The molecule has 4 rings (SSSR count). The highest BCUT2D eigenvalue weighted by molar-refractivity contribution is 7.99. The van der Waals surface area contributed by atoms with Gasteiger partial charge >= 0.3 is 0 Å². The van der Waals surface area contributed by atoms with Gasteiger partial charge in [-0.2, -0.15) is 0 Å². The zero-order valence-corrected chi connectivity index (χ0v) is 15.6. The van der Waals surface area contributed by atoms with E-state index in [-0.39, 0.29) is 11.8 Å². The van der Waals surface area contributed by atoms with Gasteiger partial charge in [-0.15, -0.1) is 11.8 Å². The molecule has 1 fully saturated rings. The molecule has 0 amide bonds. The Morgan fingerprint density at radius 2 is 2.00 bits per heavy atom. The summed E-state index contributed by atoms with van der Waals surface area (Å²) in [5.41, 5.74) is 3.33. The Morgan fingerprint density at radius 3 is 2.77 bits per heavy atom. The van der Waals surface area contributed by atoms with Crippen molar-refractivity contribution in [3.63, 3.8) is 0 Å². The second-order valence-corrected chi connectivity index (χ2v) is 8.23. The Balaban J connectivity index is 1.49. The van der Waals surface area contributed by atoms with E-state index in [9.17, 15) is 10.2 Å². The SMILES string of the molecule is C=C1NC=Nc2c([C@@H]3C[C@H](CSc4ccc(Cl)cc4)[C@@H](O)[C@H]3O)c[nH]c21. The predicted molar refractivity (Wildman–Crippen MR) is 106 cm³/mol. The van der Waals surface area contributed by atoms with Crippen LogP contribution in [0.4, 0.5) is 5.69 Å². The first kappa shape index (κ1) is 17.7. The highest BCUT2D eigenvalue weighted by Crippen LogP contribution is 2.45. The van der Waals surface area contributed by atoms with E-state index in [0.29, 0.717) is 11.4 Å². The van der Waals surface area contributed by atoms with Crippen molar-refractivity contribution in [2.45, 2.75) is 29.4 Å². The lowest BCUT2D eigenvalue weighted by Crippen LogP contribution is -2.28. The molecule has 0 unspecified atom stereocenters. The van der Waals surface area contributed by atoms with Gasteiger partial charge in [-0.05, 0) is 36.6 Å². The number of H-pyrrole nitrogens is 1. The average Bonchev–Trinajstić information content (AvgIpc) is 3.18. The third-order valence-electron chi connectivity index (χ3n) is 5.10. The van der Waals surface area contributed by atoms with Crippen LogP contribution in [0, 0.1) is 5.92 Å². The Hall–Kier alpha value is -1.73. The molecule has 0 radical (unpaired) electrons. The molecular weight excluding hydrogens is 370 g/mol. The van der Waals surface area contributed by atoms with Crippen molar-refractivity contribution in [3.05, 3.63) is 53.3 Å². The summed E-state index contributed by atoms with van der Waals surface area (Å²) >= 11 is 7.59. The van der Waals surface area contributed by atoms with E-state index in [0.717, 1.165) is 33.3 Å². The monoisotopic (exact) mass is 389 g/mol. The van der Waals surface area contributed by atoms with Gasteiger partial charge in [-0.3, -0.25) is 0 Å². The Morgan fingerprint density at radius 1 is 1.23 bits per heavy atom. The first-order valence-corrected chi connectivity index (χ1v) is 9.85. The number of fused-ring (bicyclic) bond motifs is 1. The lowest BCUT2D eigenvalue weighted by atomic mass is 9.95. The summed E-state index contributed by atoms with van der Waals surface area (Å²) in [5.74, 6) is 0.597. The molecule has 1 aliphatic heterocycles. The van der Waals surface area contributed by atoms with Crippen molar-refractivity contribution in [3.8, 4) is 0 Å². The number of halogens is 1. The lowest BCUT2D eigenvalue weighted by molar-refractivity contribution is 0.0190. The zero-order valence-electron chi connectivity index (χ0n) is 14.0. The third kappa shape index (κ3) is 3.18. The molecule has 136 valence electrons. The molecular formula is C19H20ClN3O2S. The first-order chi connectivity index (χ1) is 12.5. The fraction of sp³-hybridized carbons (Fsp3) is 0.316. The molecule has 1 aromatic carbocycles. The summed E-state index contributed by atoms with van der Waals surface area (Å²) in [6, 6.07) is 7.66. The summed E-state index contributed by atoms with van der Waals surface area (Å²) < 4.78 is 0. The Bertz CT molecular complexity index is 849. The van der Waals surface area contributed by atoms with Crippen molar-refractivity contribution in [2.75, 3.05) is 5.75 Å². The predicted octanol–water partition coefficient (Wildman–Crippen LogP) is 3.52. The Kier molecular flexibility index (Phi) is 4.84. The molecule has 5 nitrogen and oxygen atoms in total. The minimum absolute atomic E-state index is 0.00937. The second kappa shape index (κ2) is 7.12. The maximum absolute atomic E-state index is 10.6. The number of nitrogens with one attached hydrogen (secondary N) is 2. The molecule has 4 atom stereocenters. The van der Waals surface area contributed by atoms with Crippen LogP contribution in [-0.4, -0.2) is 39.5 Å². The van der Waals surface area contributed by atoms with Crippen molar-refractivity contribution in [2.24, 2.45) is 10.9 Å². The minimum atomic E-state index is -0.802. The molecule has 2 heterocycles. The molecule has 1 aliphatic carbocycles. The topological polar surface area (TPSA) is 80.6 Å². The van der Waals surface area contributed by atoms with Crippen LogP contribution < -0.4 is 5.32 Å². The molecule has 26 heavy (non-hydrogen) atoms. The molecule has 2 aromatic rings. The number of nitrogens with zero attached hydrogens (tertiary/aromatic N) is 1. The maximum atomic E-state index is 10.6. The number of aromatic nitrogens is 1. The van der Waals surface area contributed by atoms with E-state index in [1.165, 1.54) is 0 Å². The molecule has 0 spiro atoms. The summed E-state index contributed by atoms with van der Waals surface area (Å²) in [6.45, 7) is 3.96. The molecule has 1 saturated carbocycles. The van der Waals surface area contributed by atoms with Crippen LogP contribution in [0.1, 0.15) is 23.6 Å². The molecule has 4 N–H and O–H groups in total. The number of rotatable bonds is 4. The summed E-state index contributed by atoms with van der Waals surface area (Å²) in [5, 5.41) is 24.8. The third-order valence-corrected chi connectivity index (χ3v) is 6.55. The van der Waals surface area contributed by atoms with Gasteiger partial charge in [0.15, 0.2) is 0 Å². The second-order valence-electron chi connectivity index (χ2n) is 6.70. The van der Waals surface area contributed by atoms with E-state index in [1.807, 2.05) is 30.5 Å². The standard InChI is InChI=1S/C19H20ClN3O2S/c1-10-16-17(23-9-22-10)15(7-21-16)14-6-11(18(24)19(14)25)8-26-13-4-2-12(20)3-5-13/h2-5,7,9,11,14,18-19,21,24-25H,1,6,8H2,(H,22,23)/t11-,14+,18-,19+/m1/s1. The summed E-state index contributed by atoms with van der Waals surface area (Å²) in [6.07, 6.45) is 2.63. The number of hydrogen-bond acceptors (Lipinski definition) is 5. The highest BCUT2D eigenvalue weighted by Gasteiger charge is 2.43. The number of aromatic amines is 1. The van der Waals surface area contributed by atoms with Crippen molar-refractivity contribution in [1.82, 2.24) is 10.3 Å². The van der Waals surface area contributed by atoms with Crippen LogP contribution in [0.15, 0.2) is 46.9 Å². The van der Waals surface area contributed by atoms with Gasteiger partial charge in [-0.25, -0.2) is 4.99 Å². The number of aliphatic hydroxyl groups excluding tert-OH is 2. The number of hydrogen-bond donors (Lipinski definition) is 4. The molecule has 1 aromatic heterocycles. The van der Waals surface area contributed by atoms with Crippen LogP contribution >= 0.6 is 23.4 Å². The minimum Gasteiger partial charge on any atom is -0.390 e. The number of thioether (sulfide) groups is 1. The van der Waals surface area contributed by atoms with Gasteiger partial charge in [0.1, 0.15) is 0 Å². The molecule has 2 aliphatic rings. The number of aliphatic hydroxyl groups is 2. The molecule has 0 bridgehead atoms. The molecule has 0 saturated heterocycles. The van der Waals surface area contributed by atoms with Crippen molar-refractivity contribution in [1.29, 1.82) is 0 Å². The molecule has 7 heteroatoms. The van der Waals surface area contributed by atoms with Crippen LogP contribution in [-0.2, 0) is 0 Å². The normalized spacial score (nSPS) is 27.4. The van der Waals surface area contributed by atoms with Crippen LogP contribution in [0.2, 0.25) is 5.02 Å². The van der Waals surface area contributed by atoms with Gasteiger partial charge < -0.3 is 20.5 Å². The van der Waals surface area contributed by atoms with Crippen molar-refractivity contribution >= 4 is 41.1 Å². The summed E-state index contributed by atoms with van der Waals surface area (Å²) in [7, 11) is 0. The first-order valence-electron chi connectivity index (χ1n) is 8.48. The smallest absolute Gasteiger partial charge is 0.0953 e.